The molecule has 0 amide bonds. The lowest BCUT2D eigenvalue weighted by atomic mass is 10.1. The maximum Gasteiger partial charge on any atom is 0.0692 e. The van der Waals surface area contributed by atoms with Crippen molar-refractivity contribution in [3.05, 3.63) is 16.4 Å². The number of rotatable bonds is 7. The van der Waals surface area contributed by atoms with E-state index in [-0.39, 0.29) is 0 Å². The predicted molar refractivity (Wildman–Crippen MR) is 71.5 cm³/mol. The van der Waals surface area contributed by atoms with Gasteiger partial charge in [-0.15, -0.1) is 0 Å². The molecule has 1 rings (SSSR count). The van der Waals surface area contributed by atoms with Crippen molar-refractivity contribution in [1.29, 1.82) is 0 Å². The minimum Gasteiger partial charge on any atom is -0.309 e. The number of aryl methyl sites for hydroxylation is 1. The number of nitrogens with one attached hydrogen (secondary N) is 1. The zero-order valence-corrected chi connectivity index (χ0v) is 12.0. The lowest BCUT2D eigenvalue weighted by Crippen LogP contribution is -2.23. The molecule has 1 aromatic rings. The smallest absolute Gasteiger partial charge is 0.0692 e. The third-order valence-corrected chi connectivity index (χ3v) is 3.43. The van der Waals surface area contributed by atoms with Gasteiger partial charge in [0, 0.05) is 7.05 Å². The lowest BCUT2D eigenvalue weighted by molar-refractivity contribution is 0.457. The van der Waals surface area contributed by atoms with Gasteiger partial charge in [0.05, 0.1) is 22.4 Å². The molecule has 92 valence electrons. The zero-order chi connectivity index (χ0) is 12.0. The molecule has 1 N–H and O–H groups in total. The minimum absolute atomic E-state index is 0.415. The summed E-state index contributed by atoms with van der Waals surface area (Å²) in [6, 6.07) is 0.415. The predicted octanol–water partition coefficient (Wildman–Crippen LogP) is 3.41. The Bertz CT molecular complexity index is 290. The Morgan fingerprint density at radius 1 is 1.44 bits per heavy atom. The van der Waals surface area contributed by atoms with Gasteiger partial charge in [0.2, 0.25) is 0 Å². The summed E-state index contributed by atoms with van der Waals surface area (Å²) in [5, 5.41) is 7.81. The molecule has 1 atom stereocenters. The third kappa shape index (κ3) is 3.59. The van der Waals surface area contributed by atoms with E-state index < -0.39 is 0 Å². The van der Waals surface area contributed by atoms with E-state index in [0.717, 1.165) is 11.0 Å². The van der Waals surface area contributed by atoms with Crippen LogP contribution in [0.15, 0.2) is 10.7 Å². The summed E-state index contributed by atoms with van der Waals surface area (Å²) in [6.45, 7) is 5.38. The summed E-state index contributed by atoms with van der Waals surface area (Å²) in [7, 11) is 2.00. The highest BCUT2D eigenvalue weighted by Crippen LogP contribution is 2.26. The van der Waals surface area contributed by atoms with E-state index in [0.29, 0.717) is 6.04 Å². The summed E-state index contributed by atoms with van der Waals surface area (Å²) < 4.78 is 3.07. The zero-order valence-electron chi connectivity index (χ0n) is 10.5. The van der Waals surface area contributed by atoms with Crippen LogP contribution in [0.3, 0.4) is 0 Å². The summed E-state index contributed by atoms with van der Waals surface area (Å²) in [4.78, 5) is 0. The minimum atomic E-state index is 0.415. The van der Waals surface area contributed by atoms with E-state index in [1.54, 1.807) is 0 Å². The SMILES string of the molecule is CCCCCC(NCC)c1c(Br)cnn1C. The van der Waals surface area contributed by atoms with Crippen molar-refractivity contribution in [2.45, 2.75) is 45.6 Å². The van der Waals surface area contributed by atoms with Crippen molar-refractivity contribution in [2.75, 3.05) is 6.54 Å². The van der Waals surface area contributed by atoms with Crippen LogP contribution in [-0.4, -0.2) is 16.3 Å². The number of hydrogen-bond acceptors (Lipinski definition) is 2. The highest BCUT2D eigenvalue weighted by atomic mass is 79.9. The highest BCUT2D eigenvalue weighted by molar-refractivity contribution is 9.10. The van der Waals surface area contributed by atoms with Gasteiger partial charge in [-0.1, -0.05) is 33.1 Å². The van der Waals surface area contributed by atoms with Crippen LogP contribution in [0.5, 0.6) is 0 Å². The number of nitrogens with zero attached hydrogens (tertiary/aromatic N) is 2. The van der Waals surface area contributed by atoms with E-state index in [1.807, 2.05) is 17.9 Å². The summed E-state index contributed by atoms with van der Waals surface area (Å²) in [6.07, 6.45) is 6.90. The number of aromatic nitrogens is 2. The molecular formula is C12H22BrN3. The van der Waals surface area contributed by atoms with E-state index in [1.165, 1.54) is 31.4 Å². The van der Waals surface area contributed by atoms with Gasteiger partial charge in [-0.05, 0) is 28.9 Å². The molecule has 3 nitrogen and oxygen atoms in total. The highest BCUT2D eigenvalue weighted by Gasteiger charge is 2.17. The molecule has 0 aliphatic carbocycles. The molecular weight excluding hydrogens is 266 g/mol. The van der Waals surface area contributed by atoms with Crippen LogP contribution < -0.4 is 5.32 Å². The topological polar surface area (TPSA) is 29.9 Å². The molecule has 0 saturated carbocycles. The van der Waals surface area contributed by atoms with E-state index in [9.17, 15) is 0 Å². The molecule has 0 bridgehead atoms. The van der Waals surface area contributed by atoms with Gasteiger partial charge in [-0.25, -0.2) is 0 Å². The number of unbranched alkanes of at least 4 members (excludes halogenated alkanes) is 2. The maximum absolute atomic E-state index is 4.28. The van der Waals surface area contributed by atoms with E-state index >= 15 is 0 Å². The molecule has 0 saturated heterocycles. The Kier molecular flexibility index (Phi) is 6.06. The van der Waals surface area contributed by atoms with E-state index in [2.05, 4.69) is 40.2 Å². The van der Waals surface area contributed by atoms with Crippen molar-refractivity contribution in [2.24, 2.45) is 7.05 Å². The Morgan fingerprint density at radius 3 is 2.69 bits per heavy atom. The van der Waals surface area contributed by atoms with Crippen LogP contribution in [0, 0.1) is 0 Å². The molecule has 1 aromatic heterocycles. The van der Waals surface area contributed by atoms with E-state index in [4.69, 9.17) is 0 Å². The number of halogens is 1. The van der Waals surface area contributed by atoms with Gasteiger partial charge in [0.1, 0.15) is 0 Å². The molecule has 1 heterocycles. The summed E-state index contributed by atoms with van der Waals surface area (Å²) in [5.74, 6) is 0. The van der Waals surface area contributed by atoms with Crippen molar-refractivity contribution in [1.82, 2.24) is 15.1 Å². The van der Waals surface area contributed by atoms with Crippen LogP contribution in [0.4, 0.5) is 0 Å². The second-order valence-corrected chi connectivity index (χ2v) is 4.96. The Hall–Kier alpha value is -0.350. The molecule has 0 fully saturated rings. The fraction of sp³-hybridized carbons (Fsp3) is 0.750. The van der Waals surface area contributed by atoms with Crippen LogP contribution in [0.1, 0.15) is 51.3 Å². The molecule has 0 aliphatic heterocycles. The quantitative estimate of drug-likeness (QED) is 0.779. The van der Waals surface area contributed by atoms with Crippen molar-refractivity contribution >= 4 is 15.9 Å². The maximum atomic E-state index is 4.28. The standard InChI is InChI=1S/C12H22BrN3/c1-4-6-7-8-11(14-5-2)12-10(13)9-15-16(12)3/h9,11,14H,4-8H2,1-3H3. The van der Waals surface area contributed by atoms with Gasteiger partial charge in [-0.3, -0.25) is 4.68 Å². The average molecular weight is 288 g/mol. The second kappa shape index (κ2) is 7.07. The van der Waals surface area contributed by atoms with Crippen molar-refractivity contribution < 1.29 is 0 Å². The first-order chi connectivity index (χ1) is 7.70. The largest absolute Gasteiger partial charge is 0.309 e. The van der Waals surface area contributed by atoms with Crippen LogP contribution >= 0.6 is 15.9 Å². The Balaban J connectivity index is 2.68. The first-order valence-electron chi connectivity index (χ1n) is 6.11. The van der Waals surface area contributed by atoms with Gasteiger partial charge in [-0.2, -0.15) is 5.10 Å². The van der Waals surface area contributed by atoms with Gasteiger partial charge < -0.3 is 5.32 Å². The Morgan fingerprint density at radius 2 is 2.19 bits per heavy atom. The van der Waals surface area contributed by atoms with Gasteiger partial charge in [0.15, 0.2) is 0 Å². The van der Waals surface area contributed by atoms with Crippen molar-refractivity contribution in [3.8, 4) is 0 Å². The van der Waals surface area contributed by atoms with Crippen molar-refractivity contribution in [3.63, 3.8) is 0 Å². The van der Waals surface area contributed by atoms with Crippen LogP contribution in [0.25, 0.3) is 0 Å². The van der Waals surface area contributed by atoms with Crippen LogP contribution in [-0.2, 0) is 7.05 Å². The second-order valence-electron chi connectivity index (χ2n) is 4.11. The molecule has 0 aliphatic rings. The number of hydrogen-bond donors (Lipinski definition) is 1. The molecule has 16 heavy (non-hydrogen) atoms. The fourth-order valence-corrected chi connectivity index (χ4v) is 2.62. The first kappa shape index (κ1) is 13.7. The van der Waals surface area contributed by atoms with Crippen LogP contribution in [0.2, 0.25) is 0 Å². The molecule has 1 unspecified atom stereocenters. The summed E-state index contributed by atoms with van der Waals surface area (Å²) >= 11 is 3.57. The normalized spacial score (nSPS) is 13.0. The fourth-order valence-electron chi connectivity index (χ4n) is 1.99. The van der Waals surface area contributed by atoms with Gasteiger partial charge in [0.25, 0.3) is 0 Å². The molecule has 0 radical (unpaired) electrons. The first-order valence-corrected chi connectivity index (χ1v) is 6.90. The van der Waals surface area contributed by atoms with Gasteiger partial charge >= 0.3 is 0 Å². The Labute approximate surface area is 107 Å². The lowest BCUT2D eigenvalue weighted by Gasteiger charge is -2.18. The average Bonchev–Trinajstić information content (AvgIpc) is 2.58. The third-order valence-electron chi connectivity index (χ3n) is 2.81. The monoisotopic (exact) mass is 287 g/mol. The summed E-state index contributed by atoms with van der Waals surface area (Å²) in [5.41, 5.74) is 1.26. The molecule has 0 aromatic carbocycles. The molecule has 4 heteroatoms. The molecule has 0 spiro atoms.